The van der Waals surface area contributed by atoms with E-state index in [1.54, 1.807) is 7.11 Å². The Morgan fingerprint density at radius 1 is 1.36 bits per heavy atom. The number of rotatable bonds is 3. The van der Waals surface area contributed by atoms with Gasteiger partial charge in [-0.25, -0.2) is 0 Å². The van der Waals surface area contributed by atoms with Gasteiger partial charge in [-0.1, -0.05) is 12.1 Å². The van der Waals surface area contributed by atoms with Gasteiger partial charge in [0.15, 0.2) is 0 Å². The van der Waals surface area contributed by atoms with Gasteiger partial charge in [0, 0.05) is 23.5 Å². The van der Waals surface area contributed by atoms with Crippen LogP contribution in [-0.4, -0.2) is 7.11 Å². The lowest BCUT2D eigenvalue weighted by molar-refractivity contribution is 0.490. The summed E-state index contributed by atoms with van der Waals surface area (Å²) in [6.07, 6.45) is 0. The van der Waals surface area contributed by atoms with E-state index in [-0.39, 0.29) is 0 Å². The Labute approximate surface area is 70.9 Å². The van der Waals surface area contributed by atoms with Crippen molar-refractivity contribution < 1.29 is 4.18 Å². The molecule has 1 aromatic carbocycles. The van der Waals surface area contributed by atoms with Gasteiger partial charge in [0.05, 0.1) is 7.11 Å². The summed E-state index contributed by atoms with van der Waals surface area (Å²) in [5, 5.41) is 0. The van der Waals surface area contributed by atoms with Crippen molar-refractivity contribution in [2.24, 2.45) is 5.73 Å². The SMILES string of the molecule is COSc1ccc(CN)cc1. The van der Waals surface area contributed by atoms with Crippen molar-refractivity contribution in [3.63, 3.8) is 0 Å². The van der Waals surface area contributed by atoms with Crippen LogP contribution in [0, 0.1) is 0 Å². The Morgan fingerprint density at radius 2 is 2.00 bits per heavy atom. The topological polar surface area (TPSA) is 35.2 Å². The van der Waals surface area contributed by atoms with Crippen LogP contribution in [0.4, 0.5) is 0 Å². The predicted molar refractivity (Wildman–Crippen MR) is 47.2 cm³/mol. The Kier molecular flexibility index (Phi) is 3.42. The smallest absolute Gasteiger partial charge is 0.0508 e. The molecule has 1 aromatic rings. The lowest BCUT2D eigenvalue weighted by atomic mass is 10.2. The molecule has 3 heteroatoms. The molecule has 1 rings (SSSR count). The molecule has 0 fully saturated rings. The molecule has 2 nitrogen and oxygen atoms in total. The standard InChI is InChI=1S/C8H11NOS/c1-10-11-8-4-2-7(6-9)3-5-8/h2-5H,6,9H2,1H3. The van der Waals surface area contributed by atoms with Crippen LogP contribution >= 0.6 is 12.0 Å². The summed E-state index contributed by atoms with van der Waals surface area (Å²) in [6, 6.07) is 8.00. The average Bonchev–Trinajstić information content (AvgIpc) is 2.07. The molecular weight excluding hydrogens is 158 g/mol. The highest BCUT2D eigenvalue weighted by Gasteiger charge is 1.92. The summed E-state index contributed by atoms with van der Waals surface area (Å²) in [4.78, 5) is 1.10. The predicted octanol–water partition coefficient (Wildman–Crippen LogP) is 1.80. The van der Waals surface area contributed by atoms with E-state index < -0.39 is 0 Å². The van der Waals surface area contributed by atoms with Gasteiger partial charge in [0.2, 0.25) is 0 Å². The van der Waals surface area contributed by atoms with Crippen LogP contribution in [0.25, 0.3) is 0 Å². The number of hydrogen-bond donors (Lipinski definition) is 1. The molecule has 2 N–H and O–H groups in total. The molecule has 0 aliphatic heterocycles. The van der Waals surface area contributed by atoms with E-state index in [2.05, 4.69) is 0 Å². The molecule has 0 saturated heterocycles. The van der Waals surface area contributed by atoms with Crippen LogP contribution in [0.3, 0.4) is 0 Å². The molecule has 0 atom stereocenters. The van der Waals surface area contributed by atoms with E-state index in [0.717, 1.165) is 10.5 Å². The molecule has 0 heterocycles. The van der Waals surface area contributed by atoms with Gasteiger partial charge < -0.3 is 9.92 Å². The fraction of sp³-hybridized carbons (Fsp3) is 0.250. The zero-order valence-corrected chi connectivity index (χ0v) is 7.23. The summed E-state index contributed by atoms with van der Waals surface area (Å²) in [5.74, 6) is 0. The van der Waals surface area contributed by atoms with E-state index in [1.807, 2.05) is 24.3 Å². The highest BCUT2D eigenvalue weighted by Crippen LogP contribution is 2.17. The summed E-state index contributed by atoms with van der Waals surface area (Å²) < 4.78 is 4.89. The van der Waals surface area contributed by atoms with E-state index in [1.165, 1.54) is 12.0 Å². The molecule has 0 spiro atoms. The van der Waals surface area contributed by atoms with Crippen LogP contribution in [0.2, 0.25) is 0 Å². The molecular formula is C8H11NOS. The van der Waals surface area contributed by atoms with E-state index in [4.69, 9.17) is 9.92 Å². The third kappa shape index (κ3) is 2.54. The average molecular weight is 169 g/mol. The van der Waals surface area contributed by atoms with Gasteiger partial charge in [-0.05, 0) is 17.7 Å². The quantitative estimate of drug-likeness (QED) is 0.701. The minimum Gasteiger partial charge on any atom is -0.326 e. The third-order valence-electron chi connectivity index (χ3n) is 1.34. The van der Waals surface area contributed by atoms with Gasteiger partial charge in [-0.3, -0.25) is 0 Å². The summed E-state index contributed by atoms with van der Waals surface area (Å²) in [7, 11) is 1.65. The van der Waals surface area contributed by atoms with E-state index in [9.17, 15) is 0 Å². The first-order valence-corrected chi connectivity index (χ1v) is 4.10. The van der Waals surface area contributed by atoms with Crippen LogP contribution in [0.15, 0.2) is 29.2 Å². The molecule has 0 aliphatic carbocycles. The van der Waals surface area contributed by atoms with Crippen molar-refractivity contribution in [2.45, 2.75) is 11.4 Å². The van der Waals surface area contributed by atoms with E-state index in [0.29, 0.717) is 6.54 Å². The van der Waals surface area contributed by atoms with Crippen molar-refractivity contribution in [3.8, 4) is 0 Å². The van der Waals surface area contributed by atoms with Crippen LogP contribution in [0.1, 0.15) is 5.56 Å². The molecule has 0 bridgehead atoms. The van der Waals surface area contributed by atoms with E-state index >= 15 is 0 Å². The lowest BCUT2D eigenvalue weighted by Crippen LogP contribution is -1.94. The molecule has 0 unspecified atom stereocenters. The normalized spacial score (nSPS) is 10.0. The van der Waals surface area contributed by atoms with Crippen LogP contribution in [-0.2, 0) is 10.7 Å². The molecule has 0 amide bonds. The maximum atomic E-state index is 5.44. The molecule has 0 saturated carbocycles. The maximum absolute atomic E-state index is 5.44. The second-order valence-electron chi connectivity index (χ2n) is 2.10. The van der Waals surface area contributed by atoms with Crippen molar-refractivity contribution in [1.29, 1.82) is 0 Å². The Hall–Kier alpha value is -0.510. The first kappa shape index (κ1) is 8.59. The fourth-order valence-electron chi connectivity index (χ4n) is 0.777. The second-order valence-corrected chi connectivity index (χ2v) is 3.07. The van der Waals surface area contributed by atoms with Crippen LogP contribution < -0.4 is 5.73 Å². The Balaban J connectivity index is 2.66. The number of benzene rings is 1. The van der Waals surface area contributed by atoms with Gasteiger partial charge in [-0.15, -0.1) is 0 Å². The zero-order valence-electron chi connectivity index (χ0n) is 6.41. The molecule has 0 aromatic heterocycles. The first-order valence-electron chi connectivity index (χ1n) is 3.36. The highest BCUT2D eigenvalue weighted by atomic mass is 32.2. The van der Waals surface area contributed by atoms with Gasteiger partial charge in [0.25, 0.3) is 0 Å². The monoisotopic (exact) mass is 169 g/mol. The van der Waals surface area contributed by atoms with Gasteiger partial charge in [0.1, 0.15) is 0 Å². The summed E-state index contributed by atoms with van der Waals surface area (Å²) >= 11 is 1.35. The molecule has 60 valence electrons. The first-order chi connectivity index (χ1) is 5.36. The third-order valence-corrected chi connectivity index (χ3v) is 1.97. The largest absolute Gasteiger partial charge is 0.326 e. The van der Waals surface area contributed by atoms with Crippen molar-refractivity contribution in [2.75, 3.05) is 7.11 Å². The zero-order chi connectivity index (χ0) is 8.10. The fourth-order valence-corrected chi connectivity index (χ4v) is 1.22. The van der Waals surface area contributed by atoms with Crippen LogP contribution in [0.5, 0.6) is 0 Å². The second kappa shape index (κ2) is 4.38. The lowest BCUT2D eigenvalue weighted by Gasteiger charge is -1.98. The molecule has 0 radical (unpaired) electrons. The number of nitrogens with two attached hydrogens (primary N) is 1. The Bertz CT molecular complexity index is 210. The minimum absolute atomic E-state index is 0.595. The minimum atomic E-state index is 0.595. The van der Waals surface area contributed by atoms with Gasteiger partial charge in [-0.2, -0.15) is 0 Å². The van der Waals surface area contributed by atoms with Gasteiger partial charge >= 0.3 is 0 Å². The van der Waals surface area contributed by atoms with Crippen molar-refractivity contribution in [1.82, 2.24) is 0 Å². The van der Waals surface area contributed by atoms with Crippen molar-refractivity contribution >= 4 is 12.0 Å². The Morgan fingerprint density at radius 3 is 2.45 bits per heavy atom. The summed E-state index contributed by atoms with van der Waals surface area (Å²) in [6.45, 7) is 0.595. The summed E-state index contributed by atoms with van der Waals surface area (Å²) in [5.41, 5.74) is 6.58. The highest BCUT2D eigenvalue weighted by molar-refractivity contribution is 7.94. The maximum Gasteiger partial charge on any atom is 0.0508 e. The van der Waals surface area contributed by atoms with Crippen molar-refractivity contribution in [3.05, 3.63) is 29.8 Å². The molecule has 11 heavy (non-hydrogen) atoms. The molecule has 0 aliphatic rings. The number of hydrogen-bond acceptors (Lipinski definition) is 3.